The second kappa shape index (κ2) is 14.1. The predicted octanol–water partition coefficient (Wildman–Crippen LogP) is 4.93. The molecule has 40 heavy (non-hydrogen) atoms. The number of carbonyl (C=O) groups excluding carboxylic acids is 2. The molecule has 0 heterocycles. The van der Waals surface area contributed by atoms with Gasteiger partial charge in [0.15, 0.2) is 0 Å². The fourth-order valence-electron chi connectivity index (χ4n) is 4.83. The number of benzene rings is 3. The Morgan fingerprint density at radius 1 is 0.850 bits per heavy atom. The van der Waals surface area contributed by atoms with Crippen LogP contribution in [0.5, 0.6) is 0 Å². The highest BCUT2D eigenvalue weighted by Gasteiger charge is 2.30. The number of carbonyl (C=O) groups is 2. The summed E-state index contributed by atoms with van der Waals surface area (Å²) in [5.41, 5.74) is 5.52. The molecule has 1 N–H and O–H groups in total. The Labute approximate surface area is 239 Å². The van der Waals surface area contributed by atoms with E-state index in [4.69, 9.17) is 0 Å². The normalized spacial score (nSPS) is 12.0. The summed E-state index contributed by atoms with van der Waals surface area (Å²) in [6, 6.07) is 22.5. The van der Waals surface area contributed by atoms with Crippen molar-refractivity contribution in [2.45, 2.75) is 59.5 Å². The summed E-state index contributed by atoms with van der Waals surface area (Å²) in [6.07, 6.45) is 1.98. The molecule has 3 rings (SSSR count). The topological polar surface area (TPSA) is 86.8 Å². The number of amides is 2. The van der Waals surface area contributed by atoms with Gasteiger partial charge in [0, 0.05) is 32.5 Å². The van der Waals surface area contributed by atoms with Crippen LogP contribution >= 0.6 is 0 Å². The van der Waals surface area contributed by atoms with Crippen LogP contribution in [0.25, 0.3) is 0 Å². The minimum atomic E-state index is -3.56. The number of aryl methyl sites for hydroxylation is 3. The van der Waals surface area contributed by atoms with Crippen molar-refractivity contribution in [2.24, 2.45) is 0 Å². The van der Waals surface area contributed by atoms with Crippen LogP contribution in [-0.2, 0) is 32.6 Å². The summed E-state index contributed by atoms with van der Waals surface area (Å²) in [5, 5.41) is 2.90. The summed E-state index contributed by atoms with van der Waals surface area (Å²) in [7, 11) is -3.56. The molecule has 214 valence electrons. The van der Waals surface area contributed by atoms with Gasteiger partial charge in [0.05, 0.1) is 11.9 Å². The van der Waals surface area contributed by atoms with Crippen molar-refractivity contribution in [2.75, 3.05) is 23.7 Å². The largest absolute Gasteiger partial charge is 0.355 e. The molecule has 8 heteroatoms. The number of hydrogen-bond acceptors (Lipinski definition) is 4. The van der Waals surface area contributed by atoms with Crippen molar-refractivity contribution >= 4 is 27.5 Å². The van der Waals surface area contributed by atoms with E-state index >= 15 is 0 Å². The van der Waals surface area contributed by atoms with E-state index in [9.17, 15) is 18.0 Å². The predicted molar refractivity (Wildman–Crippen MR) is 162 cm³/mol. The number of nitrogens with one attached hydrogen (secondary N) is 1. The molecule has 0 fully saturated rings. The minimum absolute atomic E-state index is 0.105. The Morgan fingerprint density at radius 3 is 2.05 bits per heavy atom. The molecule has 3 aromatic rings. The van der Waals surface area contributed by atoms with Crippen molar-refractivity contribution in [1.82, 2.24) is 10.2 Å². The smallest absolute Gasteiger partial charge is 0.243 e. The molecule has 0 aliphatic carbocycles. The van der Waals surface area contributed by atoms with Gasteiger partial charge in [0.25, 0.3) is 0 Å². The fraction of sp³-hybridized carbons (Fsp3) is 0.375. The van der Waals surface area contributed by atoms with Crippen molar-refractivity contribution in [3.63, 3.8) is 0 Å². The lowest BCUT2D eigenvalue weighted by atomic mass is 10.0. The number of rotatable bonds is 13. The van der Waals surface area contributed by atoms with Gasteiger partial charge in [0.1, 0.15) is 6.04 Å². The molecule has 1 atom stereocenters. The first-order chi connectivity index (χ1) is 19.0. The monoisotopic (exact) mass is 563 g/mol. The Bertz CT molecular complexity index is 1370. The lowest BCUT2D eigenvalue weighted by Crippen LogP contribution is -2.50. The van der Waals surface area contributed by atoms with Gasteiger partial charge in [-0.25, -0.2) is 8.42 Å². The van der Waals surface area contributed by atoms with E-state index < -0.39 is 16.1 Å². The Balaban J connectivity index is 1.87. The molecule has 0 spiro atoms. The molecule has 0 aromatic heterocycles. The molecule has 0 bridgehead atoms. The summed E-state index contributed by atoms with van der Waals surface area (Å²) < 4.78 is 26.7. The zero-order valence-corrected chi connectivity index (χ0v) is 25.0. The van der Waals surface area contributed by atoms with E-state index in [1.165, 1.54) is 10.6 Å². The van der Waals surface area contributed by atoms with Crippen LogP contribution in [0.2, 0.25) is 0 Å². The number of sulfonamides is 1. The van der Waals surface area contributed by atoms with Crippen molar-refractivity contribution in [3.05, 3.63) is 101 Å². The van der Waals surface area contributed by atoms with E-state index in [0.717, 1.165) is 27.8 Å². The van der Waals surface area contributed by atoms with E-state index in [1.807, 2.05) is 100 Å². The quantitative estimate of drug-likeness (QED) is 0.319. The highest BCUT2D eigenvalue weighted by atomic mass is 32.2. The van der Waals surface area contributed by atoms with Gasteiger partial charge in [-0.1, -0.05) is 66.2 Å². The second-order valence-electron chi connectivity index (χ2n) is 10.4. The van der Waals surface area contributed by atoms with Gasteiger partial charge in [0.2, 0.25) is 21.8 Å². The first kappa shape index (κ1) is 30.9. The van der Waals surface area contributed by atoms with E-state index in [-0.39, 0.29) is 31.3 Å². The maximum atomic E-state index is 13.8. The summed E-state index contributed by atoms with van der Waals surface area (Å²) in [5.74, 6) is -0.401. The lowest BCUT2D eigenvalue weighted by molar-refractivity contribution is -0.141. The standard InChI is InChI=1S/C32H41N3O4S/c1-6-33-32(37)30(22-27-11-8-7-9-12-27)34(23-28-16-14-24(2)15-17-28)31(36)13-10-18-35(40(5,38)39)29-20-25(3)19-26(4)21-29/h7-9,11-12,14-17,19-21,30H,6,10,13,18,22-23H2,1-5H3,(H,33,37)/t30-/m1/s1. The van der Waals surface area contributed by atoms with E-state index in [2.05, 4.69) is 5.32 Å². The lowest BCUT2D eigenvalue weighted by Gasteiger charge is -2.32. The Kier molecular flexibility index (Phi) is 10.9. The van der Waals surface area contributed by atoms with Crippen molar-refractivity contribution in [1.29, 1.82) is 0 Å². The first-order valence-corrected chi connectivity index (χ1v) is 15.6. The zero-order valence-electron chi connectivity index (χ0n) is 24.2. The zero-order chi connectivity index (χ0) is 29.3. The highest BCUT2D eigenvalue weighted by molar-refractivity contribution is 7.92. The van der Waals surface area contributed by atoms with Gasteiger partial charge in [-0.2, -0.15) is 0 Å². The average Bonchev–Trinajstić information content (AvgIpc) is 2.89. The third kappa shape index (κ3) is 8.95. The number of anilines is 1. The van der Waals surface area contributed by atoms with E-state index in [0.29, 0.717) is 25.1 Å². The van der Waals surface area contributed by atoms with Gasteiger partial charge < -0.3 is 10.2 Å². The van der Waals surface area contributed by atoms with Crippen LogP contribution in [0, 0.1) is 20.8 Å². The molecule has 0 radical (unpaired) electrons. The SMILES string of the molecule is CCNC(=O)[C@@H](Cc1ccccc1)N(Cc1ccc(C)cc1)C(=O)CCCN(c1cc(C)cc(C)c1)S(C)(=O)=O. The molecule has 3 aromatic carbocycles. The molecular formula is C32H41N3O4S. The molecular weight excluding hydrogens is 522 g/mol. The number of likely N-dealkylation sites (N-methyl/N-ethyl adjacent to an activating group) is 1. The van der Waals surface area contributed by atoms with Crippen LogP contribution in [-0.4, -0.2) is 50.5 Å². The third-order valence-electron chi connectivity index (χ3n) is 6.74. The van der Waals surface area contributed by atoms with E-state index in [1.54, 1.807) is 4.90 Å². The summed E-state index contributed by atoms with van der Waals surface area (Å²) in [6.45, 7) is 8.61. The van der Waals surface area contributed by atoms with Crippen molar-refractivity contribution < 1.29 is 18.0 Å². The van der Waals surface area contributed by atoms with Gasteiger partial charge in [-0.3, -0.25) is 13.9 Å². The van der Waals surface area contributed by atoms with Crippen LogP contribution < -0.4 is 9.62 Å². The van der Waals surface area contributed by atoms with Crippen LogP contribution in [0.3, 0.4) is 0 Å². The molecule has 0 saturated carbocycles. The maximum Gasteiger partial charge on any atom is 0.243 e. The second-order valence-corrected chi connectivity index (χ2v) is 12.3. The average molecular weight is 564 g/mol. The van der Waals surface area contributed by atoms with Gasteiger partial charge in [-0.05, 0) is 68.5 Å². The molecule has 0 unspecified atom stereocenters. The van der Waals surface area contributed by atoms with Crippen molar-refractivity contribution in [3.8, 4) is 0 Å². The molecule has 0 saturated heterocycles. The van der Waals surface area contributed by atoms with Gasteiger partial charge in [-0.15, -0.1) is 0 Å². The van der Waals surface area contributed by atoms with Crippen LogP contribution in [0.15, 0.2) is 72.8 Å². The molecule has 7 nitrogen and oxygen atoms in total. The molecule has 0 aliphatic rings. The highest BCUT2D eigenvalue weighted by Crippen LogP contribution is 2.23. The Hall–Kier alpha value is -3.65. The molecule has 0 aliphatic heterocycles. The Morgan fingerprint density at radius 2 is 1.48 bits per heavy atom. The summed E-state index contributed by atoms with van der Waals surface area (Å²) in [4.78, 5) is 28.8. The maximum absolute atomic E-state index is 13.8. The summed E-state index contributed by atoms with van der Waals surface area (Å²) >= 11 is 0. The van der Waals surface area contributed by atoms with Crippen LogP contribution in [0.4, 0.5) is 5.69 Å². The van der Waals surface area contributed by atoms with Crippen LogP contribution in [0.1, 0.15) is 47.6 Å². The number of nitrogens with zero attached hydrogens (tertiary/aromatic N) is 2. The third-order valence-corrected chi connectivity index (χ3v) is 7.94. The first-order valence-electron chi connectivity index (χ1n) is 13.7. The minimum Gasteiger partial charge on any atom is -0.355 e. The van der Waals surface area contributed by atoms with Gasteiger partial charge >= 0.3 is 0 Å². The fourth-order valence-corrected chi connectivity index (χ4v) is 5.78. The molecule has 2 amide bonds. The number of hydrogen-bond donors (Lipinski definition) is 1.